The summed E-state index contributed by atoms with van der Waals surface area (Å²) in [6.45, 7) is 0.689. The largest absolute Gasteiger partial charge is 0.351 e. The van der Waals surface area contributed by atoms with Crippen LogP contribution in [0.25, 0.3) is 0 Å². The second kappa shape index (κ2) is 5.79. The fraction of sp³-hybridized carbons (Fsp3) is 0.562. The highest BCUT2D eigenvalue weighted by Gasteiger charge is 2.45. The Bertz CT molecular complexity index is 551. The Hall–Kier alpha value is -0.770. The molecule has 2 fully saturated rings. The Balaban J connectivity index is 1.61. The van der Waals surface area contributed by atoms with Crippen LogP contribution in [-0.2, 0) is 0 Å². The Morgan fingerprint density at radius 3 is 2.62 bits per heavy atom. The molecule has 0 aliphatic heterocycles. The first kappa shape index (κ1) is 15.1. The molecule has 114 valence electrons. The van der Waals surface area contributed by atoms with Crippen LogP contribution in [0.3, 0.4) is 0 Å². The molecule has 3 nitrogen and oxygen atoms in total. The fourth-order valence-corrected chi connectivity index (χ4v) is 3.90. The maximum Gasteiger partial charge on any atom is 0.252 e. The Labute approximate surface area is 135 Å². The van der Waals surface area contributed by atoms with Crippen molar-refractivity contribution in [3.63, 3.8) is 0 Å². The zero-order chi connectivity index (χ0) is 15.0. The van der Waals surface area contributed by atoms with Crippen molar-refractivity contribution >= 4 is 29.1 Å². The molecule has 1 aromatic rings. The number of hydrogen-bond acceptors (Lipinski definition) is 2. The molecule has 0 bridgehead atoms. The molecule has 3 rings (SSSR count). The van der Waals surface area contributed by atoms with E-state index < -0.39 is 0 Å². The van der Waals surface area contributed by atoms with Crippen LogP contribution in [-0.4, -0.2) is 18.5 Å². The zero-order valence-corrected chi connectivity index (χ0v) is 13.4. The lowest BCUT2D eigenvalue weighted by atomic mass is 9.63. The number of halogens is 2. The van der Waals surface area contributed by atoms with Crippen LogP contribution in [0, 0.1) is 11.3 Å². The van der Waals surface area contributed by atoms with Gasteiger partial charge < -0.3 is 11.1 Å². The van der Waals surface area contributed by atoms with Crippen LogP contribution in [0.4, 0.5) is 0 Å². The zero-order valence-electron chi connectivity index (χ0n) is 11.9. The van der Waals surface area contributed by atoms with E-state index in [1.165, 1.54) is 19.3 Å². The van der Waals surface area contributed by atoms with Gasteiger partial charge in [0.2, 0.25) is 0 Å². The van der Waals surface area contributed by atoms with Gasteiger partial charge in [0.05, 0.1) is 10.6 Å². The molecule has 2 aliphatic carbocycles. The van der Waals surface area contributed by atoms with Crippen LogP contribution in [0.15, 0.2) is 18.2 Å². The van der Waals surface area contributed by atoms with Gasteiger partial charge in [-0.1, -0.05) is 36.0 Å². The molecule has 1 amide bonds. The first-order chi connectivity index (χ1) is 9.97. The summed E-state index contributed by atoms with van der Waals surface area (Å²) >= 11 is 11.9. The van der Waals surface area contributed by atoms with E-state index in [1.807, 2.05) is 0 Å². The summed E-state index contributed by atoms with van der Waals surface area (Å²) in [6.07, 6.45) is 5.87. The van der Waals surface area contributed by atoms with E-state index in [0.717, 1.165) is 18.8 Å². The average Bonchev–Trinajstić information content (AvgIpc) is 3.18. The quantitative estimate of drug-likeness (QED) is 0.868. The second-order valence-corrected chi connectivity index (χ2v) is 7.47. The highest BCUT2D eigenvalue weighted by molar-refractivity contribution is 6.36. The van der Waals surface area contributed by atoms with Crippen molar-refractivity contribution in [2.45, 2.75) is 38.1 Å². The molecule has 21 heavy (non-hydrogen) atoms. The van der Waals surface area contributed by atoms with E-state index in [-0.39, 0.29) is 11.3 Å². The molecule has 0 aromatic heterocycles. The lowest BCUT2D eigenvalue weighted by Crippen LogP contribution is -2.52. The molecule has 5 heteroatoms. The summed E-state index contributed by atoms with van der Waals surface area (Å²) in [6, 6.07) is 5.23. The summed E-state index contributed by atoms with van der Waals surface area (Å²) in [4.78, 5) is 12.3. The predicted molar refractivity (Wildman–Crippen MR) is 85.8 cm³/mol. The minimum Gasteiger partial charge on any atom is -0.351 e. The van der Waals surface area contributed by atoms with Gasteiger partial charge >= 0.3 is 0 Å². The van der Waals surface area contributed by atoms with Crippen molar-refractivity contribution in [1.82, 2.24) is 5.32 Å². The monoisotopic (exact) mass is 326 g/mol. The third-order valence-corrected chi connectivity index (χ3v) is 5.16. The Morgan fingerprint density at radius 1 is 1.33 bits per heavy atom. The normalized spacial score (nSPS) is 28.0. The van der Waals surface area contributed by atoms with Crippen molar-refractivity contribution in [1.29, 1.82) is 0 Å². The summed E-state index contributed by atoms with van der Waals surface area (Å²) in [7, 11) is 0. The van der Waals surface area contributed by atoms with Gasteiger partial charge in [-0.15, -0.1) is 0 Å². The molecule has 2 aliphatic rings. The number of hydrogen-bond donors (Lipinski definition) is 2. The van der Waals surface area contributed by atoms with Crippen molar-refractivity contribution in [2.24, 2.45) is 17.1 Å². The molecular formula is C16H20Cl2N2O. The van der Waals surface area contributed by atoms with Gasteiger partial charge in [-0.3, -0.25) is 4.79 Å². The molecule has 0 spiro atoms. The minimum atomic E-state index is -0.132. The molecule has 2 saturated carbocycles. The topological polar surface area (TPSA) is 55.1 Å². The van der Waals surface area contributed by atoms with Gasteiger partial charge in [0.1, 0.15) is 0 Å². The standard InChI is InChI=1S/C16H20Cl2N2O/c17-11-3-4-13(14(18)5-11)15(21)20-9-16(6-10-1-2-10)7-12(19)8-16/h3-5,10,12H,1-2,6-9,19H2,(H,20,21). The highest BCUT2D eigenvalue weighted by Crippen LogP contribution is 2.50. The molecule has 0 saturated heterocycles. The number of amides is 1. The highest BCUT2D eigenvalue weighted by atomic mass is 35.5. The molecule has 1 aromatic carbocycles. The van der Waals surface area contributed by atoms with Gasteiger partial charge in [0, 0.05) is 17.6 Å². The van der Waals surface area contributed by atoms with Crippen molar-refractivity contribution < 1.29 is 4.79 Å². The van der Waals surface area contributed by atoms with Crippen molar-refractivity contribution in [3.8, 4) is 0 Å². The third kappa shape index (κ3) is 3.53. The maximum atomic E-state index is 12.3. The van der Waals surface area contributed by atoms with Gasteiger partial charge in [-0.25, -0.2) is 0 Å². The molecule has 0 heterocycles. The number of carbonyl (C=O) groups is 1. The second-order valence-electron chi connectivity index (χ2n) is 6.62. The lowest BCUT2D eigenvalue weighted by Gasteiger charge is -2.47. The Morgan fingerprint density at radius 2 is 2.05 bits per heavy atom. The predicted octanol–water partition coefficient (Wildman–Crippen LogP) is 3.63. The SMILES string of the molecule is NC1CC(CNC(=O)c2ccc(Cl)cc2Cl)(CC2CC2)C1. The van der Waals surface area contributed by atoms with E-state index in [9.17, 15) is 4.79 Å². The number of benzene rings is 1. The first-order valence-electron chi connectivity index (χ1n) is 7.46. The van der Waals surface area contributed by atoms with Crippen molar-refractivity contribution in [2.75, 3.05) is 6.54 Å². The molecular weight excluding hydrogens is 307 g/mol. The van der Waals surface area contributed by atoms with Crippen LogP contribution >= 0.6 is 23.2 Å². The number of carbonyl (C=O) groups excluding carboxylic acids is 1. The van der Waals surface area contributed by atoms with E-state index in [4.69, 9.17) is 28.9 Å². The van der Waals surface area contributed by atoms with E-state index in [0.29, 0.717) is 28.2 Å². The van der Waals surface area contributed by atoms with E-state index in [2.05, 4.69) is 5.32 Å². The van der Waals surface area contributed by atoms with Crippen LogP contribution in [0.1, 0.15) is 42.5 Å². The lowest BCUT2D eigenvalue weighted by molar-refractivity contribution is 0.0709. The van der Waals surface area contributed by atoms with Crippen molar-refractivity contribution in [3.05, 3.63) is 33.8 Å². The van der Waals surface area contributed by atoms with Gasteiger partial charge in [-0.05, 0) is 48.8 Å². The van der Waals surface area contributed by atoms with Gasteiger partial charge in [0.15, 0.2) is 0 Å². The van der Waals surface area contributed by atoms with E-state index >= 15 is 0 Å². The summed E-state index contributed by atoms with van der Waals surface area (Å²) in [5, 5.41) is 3.96. The van der Waals surface area contributed by atoms with Crippen LogP contribution < -0.4 is 11.1 Å². The molecule has 0 radical (unpaired) electrons. The number of nitrogens with two attached hydrogens (primary N) is 1. The maximum absolute atomic E-state index is 12.3. The fourth-order valence-electron chi connectivity index (χ4n) is 3.41. The van der Waals surface area contributed by atoms with Gasteiger partial charge in [0.25, 0.3) is 5.91 Å². The summed E-state index contributed by atoms with van der Waals surface area (Å²) < 4.78 is 0. The molecule has 0 atom stereocenters. The van der Waals surface area contributed by atoms with Crippen LogP contribution in [0.5, 0.6) is 0 Å². The molecule has 3 N–H and O–H groups in total. The first-order valence-corrected chi connectivity index (χ1v) is 8.22. The van der Waals surface area contributed by atoms with Crippen LogP contribution in [0.2, 0.25) is 10.0 Å². The Kier molecular flexibility index (Phi) is 4.17. The minimum absolute atomic E-state index is 0.132. The smallest absolute Gasteiger partial charge is 0.252 e. The summed E-state index contributed by atoms with van der Waals surface area (Å²) in [5.74, 6) is 0.709. The van der Waals surface area contributed by atoms with E-state index in [1.54, 1.807) is 18.2 Å². The average molecular weight is 327 g/mol. The third-order valence-electron chi connectivity index (χ3n) is 4.61. The number of rotatable bonds is 5. The van der Waals surface area contributed by atoms with Gasteiger partial charge in [-0.2, -0.15) is 0 Å². The molecule has 0 unspecified atom stereocenters. The summed E-state index contributed by atoms with van der Waals surface area (Å²) in [5.41, 5.74) is 6.64. The number of nitrogens with one attached hydrogen (secondary N) is 1.